The summed E-state index contributed by atoms with van der Waals surface area (Å²) in [6.45, 7) is 5.87. The molecule has 0 spiro atoms. The molecule has 1 heterocycles. The van der Waals surface area contributed by atoms with E-state index in [2.05, 4.69) is 18.5 Å². The van der Waals surface area contributed by atoms with Gasteiger partial charge in [-0.05, 0) is 12.6 Å². The summed E-state index contributed by atoms with van der Waals surface area (Å²) in [7, 11) is 3.80. The van der Waals surface area contributed by atoms with E-state index < -0.39 is 0 Å². The van der Waals surface area contributed by atoms with Gasteiger partial charge in [-0.3, -0.25) is 4.90 Å². The Hall–Kier alpha value is -0.340. The summed E-state index contributed by atoms with van der Waals surface area (Å²) in [5, 5.41) is 0. The van der Waals surface area contributed by atoms with Gasteiger partial charge in [-0.1, -0.05) is 6.58 Å². The molecule has 0 N–H and O–H groups in total. The van der Waals surface area contributed by atoms with Crippen molar-refractivity contribution < 1.29 is 4.74 Å². The van der Waals surface area contributed by atoms with Crippen LogP contribution < -0.4 is 0 Å². The average Bonchev–Trinajstić information content (AvgIpc) is 2.10. The Labute approximate surface area is 56.1 Å². The molecule has 0 saturated carbocycles. The Morgan fingerprint density at radius 2 is 2.44 bits per heavy atom. The van der Waals surface area contributed by atoms with E-state index >= 15 is 0 Å². The van der Waals surface area contributed by atoms with E-state index in [0.29, 0.717) is 0 Å². The lowest BCUT2D eigenvalue weighted by Crippen LogP contribution is -2.17. The summed E-state index contributed by atoms with van der Waals surface area (Å²) < 4.78 is 5.15. The van der Waals surface area contributed by atoms with Crippen molar-refractivity contribution in [2.45, 2.75) is 6.10 Å². The van der Waals surface area contributed by atoms with Crippen LogP contribution in [0.25, 0.3) is 0 Å². The van der Waals surface area contributed by atoms with Crippen LogP contribution in [0, 0.1) is 0 Å². The first-order valence-electron chi connectivity index (χ1n) is 3.13. The normalized spacial score (nSPS) is 29.6. The molecular weight excluding hydrogens is 114 g/mol. The lowest BCUT2D eigenvalue weighted by atomic mass is 10.2. The minimum absolute atomic E-state index is 0.273. The van der Waals surface area contributed by atoms with E-state index in [4.69, 9.17) is 4.74 Å². The summed E-state index contributed by atoms with van der Waals surface area (Å²) in [4.78, 5) is 2.20. The quantitative estimate of drug-likeness (QED) is 0.476. The van der Waals surface area contributed by atoms with Crippen molar-refractivity contribution in [1.82, 2.24) is 4.90 Å². The number of likely N-dealkylation sites (tertiary alicyclic amines) is 1. The molecule has 52 valence electrons. The summed E-state index contributed by atoms with van der Waals surface area (Å²) in [6.07, 6.45) is 0.273. The standard InChI is InChI=1S/C7H13NO/c1-6-4-8(2)5-7(6)9-3/h7H,1,4-5H2,2-3H3/t7-/m1/s1. The zero-order valence-corrected chi connectivity index (χ0v) is 6.05. The Balaban J connectivity index is 2.48. The molecule has 0 radical (unpaired) electrons. The monoisotopic (exact) mass is 127 g/mol. The summed E-state index contributed by atoms with van der Waals surface area (Å²) in [5.41, 5.74) is 1.19. The van der Waals surface area contributed by atoms with Crippen molar-refractivity contribution in [3.63, 3.8) is 0 Å². The summed E-state index contributed by atoms with van der Waals surface area (Å²) in [6, 6.07) is 0. The van der Waals surface area contributed by atoms with Crippen molar-refractivity contribution in [1.29, 1.82) is 0 Å². The Morgan fingerprint density at radius 3 is 2.67 bits per heavy atom. The SMILES string of the molecule is C=C1CN(C)C[C@H]1OC. The topological polar surface area (TPSA) is 12.5 Å². The molecule has 2 heteroatoms. The number of ether oxygens (including phenoxy) is 1. The van der Waals surface area contributed by atoms with Crippen molar-refractivity contribution in [3.8, 4) is 0 Å². The lowest BCUT2D eigenvalue weighted by Gasteiger charge is -2.06. The molecule has 1 aliphatic heterocycles. The van der Waals surface area contributed by atoms with Gasteiger partial charge in [0, 0.05) is 20.2 Å². The molecule has 0 aromatic rings. The van der Waals surface area contributed by atoms with Crippen LogP contribution in [0.3, 0.4) is 0 Å². The Morgan fingerprint density at radius 1 is 1.78 bits per heavy atom. The van der Waals surface area contributed by atoms with Gasteiger partial charge >= 0.3 is 0 Å². The van der Waals surface area contributed by atoms with Crippen LogP contribution in [0.15, 0.2) is 12.2 Å². The molecule has 0 bridgehead atoms. The van der Waals surface area contributed by atoms with Crippen LogP contribution in [0.1, 0.15) is 0 Å². The average molecular weight is 127 g/mol. The third-order valence-electron chi connectivity index (χ3n) is 1.69. The van der Waals surface area contributed by atoms with Gasteiger partial charge in [-0.2, -0.15) is 0 Å². The lowest BCUT2D eigenvalue weighted by molar-refractivity contribution is 0.132. The molecule has 0 aliphatic carbocycles. The van der Waals surface area contributed by atoms with Crippen LogP contribution in [-0.4, -0.2) is 38.3 Å². The molecule has 2 nitrogen and oxygen atoms in total. The van der Waals surface area contributed by atoms with Crippen LogP contribution in [-0.2, 0) is 4.74 Å². The van der Waals surface area contributed by atoms with E-state index in [9.17, 15) is 0 Å². The second kappa shape index (κ2) is 2.50. The summed E-state index contributed by atoms with van der Waals surface area (Å²) in [5.74, 6) is 0. The van der Waals surface area contributed by atoms with Gasteiger partial charge < -0.3 is 4.74 Å². The van der Waals surface area contributed by atoms with E-state index in [-0.39, 0.29) is 6.10 Å². The first-order chi connectivity index (χ1) is 4.24. The van der Waals surface area contributed by atoms with E-state index in [0.717, 1.165) is 13.1 Å². The highest BCUT2D eigenvalue weighted by atomic mass is 16.5. The van der Waals surface area contributed by atoms with Crippen molar-refractivity contribution in [2.24, 2.45) is 0 Å². The molecule has 0 unspecified atom stereocenters. The molecule has 1 atom stereocenters. The molecule has 0 aromatic carbocycles. The number of likely N-dealkylation sites (N-methyl/N-ethyl adjacent to an activating group) is 1. The van der Waals surface area contributed by atoms with Crippen LogP contribution >= 0.6 is 0 Å². The maximum Gasteiger partial charge on any atom is 0.0917 e. The predicted octanol–water partition coefficient (Wildman–Crippen LogP) is 0.503. The number of rotatable bonds is 1. The van der Waals surface area contributed by atoms with Crippen LogP contribution in [0.2, 0.25) is 0 Å². The second-order valence-corrected chi connectivity index (χ2v) is 2.58. The third-order valence-corrected chi connectivity index (χ3v) is 1.69. The Bertz CT molecular complexity index is 122. The largest absolute Gasteiger partial charge is 0.376 e. The van der Waals surface area contributed by atoms with Gasteiger partial charge in [0.25, 0.3) is 0 Å². The molecular formula is C7H13NO. The summed E-state index contributed by atoms with van der Waals surface area (Å²) >= 11 is 0. The zero-order chi connectivity index (χ0) is 6.85. The molecule has 1 aliphatic rings. The minimum Gasteiger partial charge on any atom is -0.376 e. The van der Waals surface area contributed by atoms with E-state index in [1.165, 1.54) is 5.57 Å². The van der Waals surface area contributed by atoms with Gasteiger partial charge in [0.2, 0.25) is 0 Å². The van der Waals surface area contributed by atoms with Gasteiger partial charge in [0.05, 0.1) is 6.10 Å². The fourth-order valence-corrected chi connectivity index (χ4v) is 1.17. The van der Waals surface area contributed by atoms with E-state index in [1.807, 2.05) is 0 Å². The molecule has 0 aromatic heterocycles. The first-order valence-corrected chi connectivity index (χ1v) is 3.13. The Kier molecular flexibility index (Phi) is 1.88. The van der Waals surface area contributed by atoms with Crippen molar-refractivity contribution in [2.75, 3.05) is 27.2 Å². The molecule has 1 saturated heterocycles. The predicted molar refractivity (Wildman–Crippen MR) is 37.4 cm³/mol. The fraction of sp³-hybridized carbons (Fsp3) is 0.714. The van der Waals surface area contributed by atoms with Gasteiger partial charge in [-0.15, -0.1) is 0 Å². The minimum atomic E-state index is 0.273. The van der Waals surface area contributed by atoms with Gasteiger partial charge in [0.1, 0.15) is 0 Å². The molecule has 0 amide bonds. The smallest absolute Gasteiger partial charge is 0.0917 e. The van der Waals surface area contributed by atoms with Gasteiger partial charge in [-0.25, -0.2) is 0 Å². The van der Waals surface area contributed by atoms with Crippen molar-refractivity contribution >= 4 is 0 Å². The van der Waals surface area contributed by atoms with Crippen LogP contribution in [0.5, 0.6) is 0 Å². The maximum atomic E-state index is 5.15. The number of nitrogens with zero attached hydrogens (tertiary/aromatic N) is 1. The number of hydrogen-bond donors (Lipinski definition) is 0. The maximum absolute atomic E-state index is 5.15. The second-order valence-electron chi connectivity index (χ2n) is 2.58. The third kappa shape index (κ3) is 1.32. The number of methoxy groups -OCH3 is 1. The van der Waals surface area contributed by atoms with Gasteiger partial charge in [0.15, 0.2) is 0 Å². The highest BCUT2D eigenvalue weighted by molar-refractivity contribution is 5.10. The van der Waals surface area contributed by atoms with E-state index in [1.54, 1.807) is 7.11 Å². The first kappa shape index (κ1) is 6.78. The zero-order valence-electron chi connectivity index (χ0n) is 6.05. The number of hydrogen-bond acceptors (Lipinski definition) is 2. The van der Waals surface area contributed by atoms with Crippen molar-refractivity contribution in [3.05, 3.63) is 12.2 Å². The fourth-order valence-electron chi connectivity index (χ4n) is 1.17. The molecule has 1 rings (SSSR count). The molecule has 1 fully saturated rings. The molecule has 9 heavy (non-hydrogen) atoms. The highest BCUT2D eigenvalue weighted by Gasteiger charge is 2.21. The van der Waals surface area contributed by atoms with Crippen LogP contribution in [0.4, 0.5) is 0 Å². The highest BCUT2D eigenvalue weighted by Crippen LogP contribution is 2.13.